The smallest absolute Gasteiger partial charge is 0.249 e. The number of carbonyl (C=O) groups excluding carboxylic acids is 1. The molecule has 2 aromatic rings. The van der Waals surface area contributed by atoms with Crippen LogP contribution in [0.15, 0.2) is 41.6 Å². The maximum atomic E-state index is 11.5. The van der Waals surface area contributed by atoms with Crippen molar-refractivity contribution in [3.8, 4) is 17.2 Å². The molecule has 21 heavy (non-hydrogen) atoms. The molecule has 0 aliphatic carbocycles. The molecule has 6 heteroatoms. The van der Waals surface area contributed by atoms with E-state index in [1.165, 1.54) is 6.07 Å². The zero-order valence-electron chi connectivity index (χ0n) is 11.3. The molecule has 2 aromatic carbocycles. The van der Waals surface area contributed by atoms with E-state index in [1.54, 1.807) is 37.4 Å². The molecule has 0 fully saturated rings. The van der Waals surface area contributed by atoms with Crippen LogP contribution in [0.2, 0.25) is 0 Å². The van der Waals surface area contributed by atoms with E-state index in [0.29, 0.717) is 22.4 Å². The van der Waals surface area contributed by atoms with E-state index < -0.39 is 5.91 Å². The molecule has 0 saturated carbocycles. The number of carbonyl (C=O) groups is 1. The molecule has 0 aromatic heterocycles. The molecule has 0 heterocycles. The lowest BCUT2D eigenvalue weighted by Gasteiger charge is -2.12. The summed E-state index contributed by atoms with van der Waals surface area (Å²) in [6, 6.07) is 11.8. The van der Waals surface area contributed by atoms with Gasteiger partial charge in [-0.1, -0.05) is 24.3 Å². The summed E-state index contributed by atoms with van der Waals surface area (Å²) in [4.78, 5) is 22.3. The van der Waals surface area contributed by atoms with Crippen LogP contribution in [0.25, 0.3) is 11.1 Å². The van der Waals surface area contributed by atoms with E-state index in [2.05, 4.69) is 10.5 Å². The Balaban J connectivity index is 2.80. The van der Waals surface area contributed by atoms with Crippen LogP contribution >= 0.6 is 0 Å². The number of nitroso groups, excluding NO2 is 1. The molecule has 0 atom stereocenters. The van der Waals surface area contributed by atoms with Crippen molar-refractivity contribution < 1.29 is 4.79 Å². The summed E-state index contributed by atoms with van der Waals surface area (Å²) in [5.41, 5.74) is 7.42. The van der Waals surface area contributed by atoms with Crippen molar-refractivity contribution >= 4 is 17.3 Å². The number of anilines is 1. The molecular formula is C15H12N4O2. The summed E-state index contributed by atoms with van der Waals surface area (Å²) < 4.78 is 0. The van der Waals surface area contributed by atoms with Crippen molar-refractivity contribution in [2.24, 2.45) is 10.9 Å². The molecular weight excluding hydrogens is 268 g/mol. The van der Waals surface area contributed by atoms with E-state index in [-0.39, 0.29) is 11.3 Å². The van der Waals surface area contributed by atoms with Gasteiger partial charge in [-0.15, -0.1) is 4.91 Å². The van der Waals surface area contributed by atoms with Gasteiger partial charge < -0.3 is 11.1 Å². The molecule has 0 spiro atoms. The lowest BCUT2D eigenvalue weighted by molar-refractivity contribution is 0.100. The second-order valence-electron chi connectivity index (χ2n) is 4.25. The average Bonchev–Trinajstić information content (AvgIpc) is 2.53. The number of nitriles is 1. The van der Waals surface area contributed by atoms with Crippen molar-refractivity contribution in [1.82, 2.24) is 0 Å². The second kappa shape index (κ2) is 5.84. The normalized spacial score (nSPS) is 9.71. The maximum absolute atomic E-state index is 11.5. The number of hydrogen-bond acceptors (Lipinski definition) is 5. The first kappa shape index (κ1) is 14.2. The predicted molar refractivity (Wildman–Crippen MR) is 80.1 cm³/mol. The summed E-state index contributed by atoms with van der Waals surface area (Å²) in [7, 11) is 1.59. The Morgan fingerprint density at radius 2 is 1.95 bits per heavy atom. The molecule has 2 rings (SSSR count). The molecule has 6 nitrogen and oxygen atoms in total. The summed E-state index contributed by atoms with van der Waals surface area (Å²) in [6.45, 7) is 0. The average molecular weight is 280 g/mol. The standard InChI is InChI=1S/C15H12N4O2/c1-18-14-12(8-16)10(6-7-13(14)19-21)9-4-2-3-5-11(9)15(17)20/h2-7,18H,1H3,(H2,17,20). The largest absolute Gasteiger partial charge is 0.385 e. The van der Waals surface area contributed by atoms with E-state index in [4.69, 9.17) is 5.73 Å². The third-order valence-corrected chi connectivity index (χ3v) is 3.13. The fourth-order valence-electron chi connectivity index (χ4n) is 2.19. The highest BCUT2D eigenvalue weighted by atomic mass is 16.3. The molecule has 0 bridgehead atoms. The van der Waals surface area contributed by atoms with Crippen LogP contribution in [-0.2, 0) is 0 Å². The monoisotopic (exact) mass is 280 g/mol. The fourth-order valence-corrected chi connectivity index (χ4v) is 2.19. The first-order valence-electron chi connectivity index (χ1n) is 6.11. The van der Waals surface area contributed by atoms with Gasteiger partial charge in [0.2, 0.25) is 5.91 Å². The Labute approximate surface area is 121 Å². The minimum Gasteiger partial charge on any atom is -0.385 e. The zero-order chi connectivity index (χ0) is 15.4. The van der Waals surface area contributed by atoms with Gasteiger partial charge in [-0.25, -0.2) is 0 Å². The molecule has 1 amide bonds. The molecule has 0 saturated heterocycles. The molecule has 0 aliphatic heterocycles. The van der Waals surface area contributed by atoms with E-state index >= 15 is 0 Å². The van der Waals surface area contributed by atoms with Gasteiger partial charge in [0.05, 0.1) is 11.3 Å². The van der Waals surface area contributed by atoms with Gasteiger partial charge in [-0.3, -0.25) is 4.79 Å². The van der Waals surface area contributed by atoms with Crippen LogP contribution < -0.4 is 11.1 Å². The summed E-state index contributed by atoms with van der Waals surface area (Å²) in [5.74, 6) is -0.585. The highest BCUT2D eigenvalue weighted by Crippen LogP contribution is 2.36. The third-order valence-electron chi connectivity index (χ3n) is 3.13. The summed E-state index contributed by atoms with van der Waals surface area (Å²) in [5, 5.41) is 15.1. The topological polar surface area (TPSA) is 108 Å². The SMILES string of the molecule is CNc1c(N=O)ccc(-c2ccccc2C(N)=O)c1C#N. The van der Waals surface area contributed by atoms with Gasteiger partial charge in [0, 0.05) is 18.2 Å². The zero-order valence-corrected chi connectivity index (χ0v) is 11.3. The van der Waals surface area contributed by atoms with Crippen LogP contribution in [0.1, 0.15) is 15.9 Å². The number of nitrogens with two attached hydrogens (primary N) is 1. The predicted octanol–water partition coefficient (Wildman–Crippen LogP) is 2.76. The van der Waals surface area contributed by atoms with Crippen LogP contribution in [0.5, 0.6) is 0 Å². The lowest BCUT2D eigenvalue weighted by atomic mass is 9.94. The first-order chi connectivity index (χ1) is 10.1. The minimum atomic E-state index is -0.585. The van der Waals surface area contributed by atoms with Gasteiger partial charge in [-0.05, 0) is 22.9 Å². The van der Waals surface area contributed by atoms with Crippen molar-refractivity contribution in [1.29, 1.82) is 5.26 Å². The van der Waals surface area contributed by atoms with Gasteiger partial charge >= 0.3 is 0 Å². The Bertz CT molecular complexity index is 763. The third kappa shape index (κ3) is 2.44. The highest BCUT2D eigenvalue weighted by Gasteiger charge is 2.17. The Morgan fingerprint density at radius 3 is 2.52 bits per heavy atom. The maximum Gasteiger partial charge on any atom is 0.249 e. The molecule has 3 N–H and O–H groups in total. The van der Waals surface area contributed by atoms with E-state index in [1.807, 2.05) is 6.07 Å². The Morgan fingerprint density at radius 1 is 1.24 bits per heavy atom. The molecule has 0 aliphatic rings. The second-order valence-corrected chi connectivity index (χ2v) is 4.25. The Kier molecular flexibility index (Phi) is 3.95. The van der Waals surface area contributed by atoms with Crippen molar-refractivity contribution in [3.63, 3.8) is 0 Å². The van der Waals surface area contributed by atoms with E-state index in [9.17, 15) is 15.0 Å². The highest BCUT2D eigenvalue weighted by molar-refractivity contribution is 6.01. The fraction of sp³-hybridized carbons (Fsp3) is 0.0667. The first-order valence-corrected chi connectivity index (χ1v) is 6.11. The van der Waals surface area contributed by atoms with Crippen LogP contribution in [-0.4, -0.2) is 13.0 Å². The molecule has 0 unspecified atom stereocenters. The van der Waals surface area contributed by atoms with Crippen molar-refractivity contribution in [3.05, 3.63) is 52.4 Å². The van der Waals surface area contributed by atoms with Crippen molar-refractivity contribution in [2.75, 3.05) is 12.4 Å². The number of hydrogen-bond donors (Lipinski definition) is 2. The number of nitrogens with one attached hydrogen (secondary N) is 1. The molecule has 104 valence electrons. The van der Waals surface area contributed by atoms with E-state index in [0.717, 1.165) is 0 Å². The lowest BCUT2D eigenvalue weighted by Crippen LogP contribution is -2.12. The van der Waals surface area contributed by atoms with Crippen LogP contribution in [0.4, 0.5) is 11.4 Å². The van der Waals surface area contributed by atoms with Crippen molar-refractivity contribution in [2.45, 2.75) is 0 Å². The van der Waals surface area contributed by atoms with Gasteiger partial charge in [0.25, 0.3) is 0 Å². The quantitative estimate of drug-likeness (QED) is 0.839. The summed E-state index contributed by atoms with van der Waals surface area (Å²) >= 11 is 0. The van der Waals surface area contributed by atoms with Gasteiger partial charge in [-0.2, -0.15) is 5.26 Å². The number of benzene rings is 2. The number of primary amides is 1. The minimum absolute atomic E-state index is 0.134. The van der Waals surface area contributed by atoms with Crippen LogP contribution in [0, 0.1) is 16.2 Å². The number of rotatable bonds is 4. The Hall–Kier alpha value is -3.20. The summed E-state index contributed by atoms with van der Waals surface area (Å²) in [6.07, 6.45) is 0. The van der Waals surface area contributed by atoms with Gasteiger partial charge in [0.15, 0.2) is 0 Å². The van der Waals surface area contributed by atoms with Crippen LogP contribution in [0.3, 0.4) is 0 Å². The van der Waals surface area contributed by atoms with Gasteiger partial charge in [0.1, 0.15) is 11.8 Å². The molecule has 0 radical (unpaired) electrons. The number of amides is 1. The number of nitrogens with zero attached hydrogens (tertiary/aromatic N) is 2.